The molecule has 0 radical (unpaired) electrons. The van der Waals surface area contributed by atoms with Crippen molar-refractivity contribution in [3.05, 3.63) is 12.2 Å². The first kappa shape index (κ1) is 11.6. The topological polar surface area (TPSA) is 89.5 Å². The number of carbonyl (C=O) groups is 2. The number of carboxylic acid groups (broad SMARTS) is 2. The summed E-state index contributed by atoms with van der Waals surface area (Å²) in [5, 5.41) is 20.7. The zero-order valence-electron chi connectivity index (χ0n) is 7.24. The zero-order valence-corrected chi connectivity index (χ0v) is 7.24. The van der Waals surface area contributed by atoms with Gasteiger partial charge in [-0.3, -0.25) is 0 Å². The maximum atomic E-state index is 10.4. The summed E-state index contributed by atoms with van der Waals surface area (Å²) in [6.07, 6.45) is 0. The van der Waals surface area contributed by atoms with Gasteiger partial charge in [0.05, 0.1) is 18.5 Å². The Balaban J connectivity index is 4.33. The quantitative estimate of drug-likeness (QED) is 0.435. The van der Waals surface area contributed by atoms with Crippen LogP contribution in [0.4, 0.5) is 0 Å². The minimum absolute atomic E-state index is 0.258. The molecule has 5 heteroatoms. The van der Waals surface area contributed by atoms with E-state index in [4.69, 9.17) is 4.74 Å². The lowest BCUT2D eigenvalue weighted by molar-refractivity contribution is -0.316. The minimum Gasteiger partial charge on any atom is -0.549 e. The number of carboxylic acids is 2. The van der Waals surface area contributed by atoms with E-state index in [1.54, 1.807) is 6.92 Å². The minimum atomic E-state index is -1.60. The SMILES string of the molecule is C=C(C(=O)[O-])C(COCC)C(=O)[O-]. The van der Waals surface area contributed by atoms with Gasteiger partial charge in [-0.15, -0.1) is 0 Å². The summed E-state index contributed by atoms with van der Waals surface area (Å²) in [6.45, 7) is 4.76. The molecule has 0 aliphatic rings. The molecule has 1 unspecified atom stereocenters. The molecule has 0 fully saturated rings. The van der Waals surface area contributed by atoms with Crippen molar-refractivity contribution in [2.75, 3.05) is 13.2 Å². The Morgan fingerprint density at radius 1 is 1.46 bits per heavy atom. The lowest BCUT2D eigenvalue weighted by atomic mass is 10.0. The van der Waals surface area contributed by atoms with E-state index in [1.165, 1.54) is 0 Å². The maximum absolute atomic E-state index is 10.4. The highest BCUT2D eigenvalue weighted by molar-refractivity contribution is 5.91. The van der Waals surface area contributed by atoms with E-state index in [0.29, 0.717) is 6.61 Å². The van der Waals surface area contributed by atoms with Crippen LogP contribution < -0.4 is 10.2 Å². The Hall–Kier alpha value is -1.36. The number of hydrogen-bond acceptors (Lipinski definition) is 5. The number of carbonyl (C=O) groups excluding carboxylic acids is 2. The summed E-state index contributed by atoms with van der Waals surface area (Å²) in [4.78, 5) is 20.7. The van der Waals surface area contributed by atoms with Gasteiger partial charge in [0.15, 0.2) is 0 Å². The monoisotopic (exact) mass is 186 g/mol. The highest BCUT2D eigenvalue weighted by Crippen LogP contribution is 2.07. The molecule has 1 atom stereocenters. The van der Waals surface area contributed by atoms with Gasteiger partial charge < -0.3 is 24.5 Å². The maximum Gasteiger partial charge on any atom is 0.0676 e. The van der Waals surface area contributed by atoms with Crippen LogP contribution in [0.25, 0.3) is 0 Å². The summed E-state index contributed by atoms with van der Waals surface area (Å²) in [5.74, 6) is -4.47. The molecule has 0 aliphatic carbocycles. The molecule has 0 aromatic carbocycles. The molecule has 0 aliphatic heterocycles. The van der Waals surface area contributed by atoms with Crippen molar-refractivity contribution in [1.82, 2.24) is 0 Å². The molecule has 0 heterocycles. The molecule has 0 N–H and O–H groups in total. The van der Waals surface area contributed by atoms with Crippen LogP contribution in [0.1, 0.15) is 6.92 Å². The molecule has 0 amide bonds. The first-order chi connectivity index (χ1) is 6.00. The van der Waals surface area contributed by atoms with E-state index >= 15 is 0 Å². The van der Waals surface area contributed by atoms with E-state index in [9.17, 15) is 19.8 Å². The van der Waals surface area contributed by atoms with Gasteiger partial charge in [0.1, 0.15) is 0 Å². The van der Waals surface area contributed by atoms with Crippen molar-refractivity contribution in [2.45, 2.75) is 6.92 Å². The fraction of sp³-hybridized carbons (Fsp3) is 0.500. The number of ether oxygens (including phenoxy) is 1. The largest absolute Gasteiger partial charge is 0.549 e. The molecule has 0 saturated carbocycles. The summed E-state index contributed by atoms with van der Waals surface area (Å²) in [7, 11) is 0. The van der Waals surface area contributed by atoms with Crippen LogP contribution in [0.2, 0.25) is 0 Å². The molecule has 0 bridgehead atoms. The normalized spacial score (nSPS) is 12.1. The Bertz CT molecular complexity index is 221. The first-order valence-corrected chi connectivity index (χ1v) is 3.69. The van der Waals surface area contributed by atoms with Crippen LogP contribution in [-0.4, -0.2) is 25.2 Å². The zero-order chi connectivity index (χ0) is 10.4. The molecular weight excluding hydrogens is 176 g/mol. The average Bonchev–Trinajstić information content (AvgIpc) is 2.04. The van der Waals surface area contributed by atoms with Gasteiger partial charge in [0.25, 0.3) is 0 Å². The lowest BCUT2D eigenvalue weighted by Gasteiger charge is -2.20. The fourth-order valence-corrected chi connectivity index (χ4v) is 0.689. The van der Waals surface area contributed by atoms with Gasteiger partial charge in [0, 0.05) is 12.5 Å². The lowest BCUT2D eigenvalue weighted by Crippen LogP contribution is -2.40. The Kier molecular flexibility index (Phi) is 4.76. The second-order valence-corrected chi connectivity index (χ2v) is 2.34. The number of hydrogen-bond donors (Lipinski definition) is 0. The van der Waals surface area contributed by atoms with Gasteiger partial charge in [0.2, 0.25) is 0 Å². The molecule has 0 aromatic rings. The van der Waals surface area contributed by atoms with Gasteiger partial charge in [-0.25, -0.2) is 0 Å². The first-order valence-electron chi connectivity index (χ1n) is 3.69. The van der Waals surface area contributed by atoms with Gasteiger partial charge in [-0.2, -0.15) is 0 Å². The van der Waals surface area contributed by atoms with Crippen molar-refractivity contribution in [3.63, 3.8) is 0 Å². The van der Waals surface area contributed by atoms with E-state index in [-0.39, 0.29) is 6.61 Å². The van der Waals surface area contributed by atoms with Crippen LogP contribution in [0.5, 0.6) is 0 Å². The third-order valence-electron chi connectivity index (χ3n) is 1.46. The number of aliphatic carboxylic acids is 2. The highest BCUT2D eigenvalue weighted by Gasteiger charge is 2.14. The molecule has 5 nitrogen and oxygen atoms in total. The van der Waals surface area contributed by atoms with E-state index < -0.39 is 23.4 Å². The Morgan fingerprint density at radius 2 is 2.00 bits per heavy atom. The van der Waals surface area contributed by atoms with Crippen LogP contribution in [0.3, 0.4) is 0 Å². The van der Waals surface area contributed by atoms with Crippen LogP contribution in [-0.2, 0) is 14.3 Å². The number of rotatable bonds is 6. The third-order valence-corrected chi connectivity index (χ3v) is 1.46. The van der Waals surface area contributed by atoms with Crippen LogP contribution in [0, 0.1) is 5.92 Å². The predicted octanol–water partition coefficient (Wildman–Crippen LogP) is -2.30. The molecule has 0 saturated heterocycles. The van der Waals surface area contributed by atoms with Crippen molar-refractivity contribution in [3.8, 4) is 0 Å². The van der Waals surface area contributed by atoms with Crippen LogP contribution >= 0.6 is 0 Å². The van der Waals surface area contributed by atoms with Crippen molar-refractivity contribution in [1.29, 1.82) is 0 Å². The predicted molar refractivity (Wildman–Crippen MR) is 39.1 cm³/mol. The summed E-state index contributed by atoms with van der Waals surface area (Å²) in [5.41, 5.74) is -0.534. The Morgan fingerprint density at radius 3 is 2.31 bits per heavy atom. The molecule has 13 heavy (non-hydrogen) atoms. The molecule has 0 spiro atoms. The summed E-state index contributed by atoms with van der Waals surface area (Å²) >= 11 is 0. The molecular formula is C8H10O5-2. The van der Waals surface area contributed by atoms with Gasteiger partial charge >= 0.3 is 0 Å². The molecule has 0 aromatic heterocycles. The van der Waals surface area contributed by atoms with Crippen molar-refractivity contribution >= 4 is 11.9 Å². The third kappa shape index (κ3) is 3.71. The second-order valence-electron chi connectivity index (χ2n) is 2.34. The highest BCUT2D eigenvalue weighted by atomic mass is 16.5. The van der Waals surface area contributed by atoms with E-state index in [1.807, 2.05) is 0 Å². The standard InChI is InChI=1S/C8H12O5/c1-3-13-4-6(8(11)12)5(2)7(9)10/h6H,2-4H2,1H3,(H,9,10)(H,11,12)/p-2. The van der Waals surface area contributed by atoms with Crippen molar-refractivity contribution < 1.29 is 24.5 Å². The van der Waals surface area contributed by atoms with Gasteiger partial charge in [-0.05, 0) is 12.5 Å². The van der Waals surface area contributed by atoms with Gasteiger partial charge in [-0.1, -0.05) is 6.58 Å². The average molecular weight is 186 g/mol. The molecule has 0 rings (SSSR count). The molecule has 74 valence electrons. The van der Waals surface area contributed by atoms with Crippen LogP contribution in [0.15, 0.2) is 12.2 Å². The van der Waals surface area contributed by atoms with E-state index in [2.05, 4.69) is 6.58 Å². The fourth-order valence-electron chi connectivity index (χ4n) is 0.689. The van der Waals surface area contributed by atoms with Crippen molar-refractivity contribution in [2.24, 2.45) is 5.92 Å². The summed E-state index contributed by atoms with van der Waals surface area (Å²) < 4.78 is 4.76. The van der Waals surface area contributed by atoms with E-state index in [0.717, 1.165) is 0 Å². The smallest absolute Gasteiger partial charge is 0.0676 e. The second kappa shape index (κ2) is 5.31. The summed E-state index contributed by atoms with van der Waals surface area (Å²) in [6, 6.07) is 0. The Labute approximate surface area is 75.6 Å².